The molecule has 4 heteroatoms. The van der Waals surface area contributed by atoms with Crippen LogP contribution >= 0.6 is 23.4 Å². The van der Waals surface area contributed by atoms with Gasteiger partial charge in [-0.15, -0.1) is 0 Å². The Morgan fingerprint density at radius 2 is 2.24 bits per heavy atom. The number of benzene rings is 1. The van der Waals surface area contributed by atoms with Crippen LogP contribution in [-0.2, 0) is 6.61 Å². The number of anilines is 1. The molecule has 0 radical (unpaired) electrons. The van der Waals surface area contributed by atoms with Crippen LogP contribution < -0.4 is 4.90 Å². The minimum atomic E-state index is -0.000248. The molecular weight excluding hydrogens is 254 g/mol. The van der Waals surface area contributed by atoms with Gasteiger partial charge >= 0.3 is 0 Å². The second kappa shape index (κ2) is 5.51. The molecule has 2 nitrogen and oxygen atoms in total. The zero-order valence-corrected chi connectivity index (χ0v) is 11.8. The van der Waals surface area contributed by atoms with Gasteiger partial charge in [-0.25, -0.2) is 0 Å². The summed E-state index contributed by atoms with van der Waals surface area (Å²) in [7, 11) is 0. The minimum Gasteiger partial charge on any atom is -0.392 e. The minimum absolute atomic E-state index is 0.000248. The second-order valence-corrected chi connectivity index (χ2v) is 6.30. The van der Waals surface area contributed by atoms with E-state index in [0.29, 0.717) is 16.3 Å². The summed E-state index contributed by atoms with van der Waals surface area (Å²) in [6.45, 7) is 5.51. The third kappa shape index (κ3) is 2.56. The lowest BCUT2D eigenvalue weighted by atomic mass is 10.1. The molecule has 1 N–H and O–H groups in total. The van der Waals surface area contributed by atoms with Crippen LogP contribution in [0.3, 0.4) is 0 Å². The Labute approximate surface area is 112 Å². The van der Waals surface area contributed by atoms with Crippen molar-refractivity contribution < 1.29 is 5.11 Å². The van der Waals surface area contributed by atoms with Gasteiger partial charge in [0, 0.05) is 39.9 Å². The Morgan fingerprint density at radius 3 is 2.94 bits per heavy atom. The number of hydrogen-bond donors (Lipinski definition) is 1. The highest BCUT2D eigenvalue weighted by atomic mass is 35.5. The summed E-state index contributed by atoms with van der Waals surface area (Å²) >= 11 is 8.15. The highest BCUT2D eigenvalue weighted by Gasteiger charge is 2.27. The third-order valence-corrected chi connectivity index (χ3v) is 5.14. The van der Waals surface area contributed by atoms with E-state index in [1.165, 1.54) is 0 Å². The maximum Gasteiger partial charge on any atom is 0.0716 e. The molecule has 17 heavy (non-hydrogen) atoms. The SMILES string of the molecule is CC1SCCN(c2cccc(Cl)c2CO)C1C. The number of halogens is 1. The summed E-state index contributed by atoms with van der Waals surface area (Å²) in [5, 5.41) is 10.7. The van der Waals surface area contributed by atoms with E-state index in [1.54, 1.807) is 0 Å². The summed E-state index contributed by atoms with van der Waals surface area (Å²) < 4.78 is 0. The van der Waals surface area contributed by atoms with Crippen molar-refractivity contribution in [1.29, 1.82) is 0 Å². The Hall–Kier alpha value is -0.380. The zero-order valence-electron chi connectivity index (χ0n) is 10.2. The number of aliphatic hydroxyl groups excluding tert-OH is 1. The number of rotatable bonds is 2. The van der Waals surface area contributed by atoms with Crippen LogP contribution in [-0.4, -0.2) is 28.7 Å². The molecule has 0 aliphatic carbocycles. The molecule has 0 amide bonds. The summed E-state index contributed by atoms with van der Waals surface area (Å²) in [4.78, 5) is 2.36. The van der Waals surface area contributed by atoms with E-state index >= 15 is 0 Å². The standard InChI is InChI=1S/C13H18ClNOS/c1-9-10(2)17-7-6-15(9)13-5-3-4-12(14)11(13)8-16/h3-5,9-10,16H,6-8H2,1-2H3. The number of nitrogens with zero attached hydrogens (tertiary/aromatic N) is 1. The summed E-state index contributed by atoms with van der Waals surface area (Å²) in [6.07, 6.45) is 0. The quantitative estimate of drug-likeness (QED) is 0.894. The van der Waals surface area contributed by atoms with Crippen molar-refractivity contribution in [2.24, 2.45) is 0 Å². The topological polar surface area (TPSA) is 23.5 Å². The number of hydrogen-bond acceptors (Lipinski definition) is 3. The van der Waals surface area contributed by atoms with Crippen molar-refractivity contribution in [2.75, 3.05) is 17.2 Å². The Morgan fingerprint density at radius 1 is 1.47 bits per heavy atom. The van der Waals surface area contributed by atoms with Gasteiger partial charge in [0.25, 0.3) is 0 Å². The molecule has 1 heterocycles. The van der Waals surface area contributed by atoms with Crippen LogP contribution in [0.5, 0.6) is 0 Å². The fourth-order valence-electron chi connectivity index (χ4n) is 2.25. The molecule has 2 unspecified atom stereocenters. The molecule has 1 fully saturated rings. The molecule has 1 aliphatic rings. The first-order chi connectivity index (χ1) is 8.15. The Kier molecular flexibility index (Phi) is 4.23. The largest absolute Gasteiger partial charge is 0.392 e. The van der Waals surface area contributed by atoms with Gasteiger partial charge in [-0.2, -0.15) is 11.8 Å². The van der Waals surface area contributed by atoms with E-state index in [0.717, 1.165) is 23.5 Å². The van der Waals surface area contributed by atoms with Crippen molar-refractivity contribution >= 4 is 29.1 Å². The normalized spacial score (nSPS) is 25.1. The predicted octanol–water partition coefficient (Wildman–Crippen LogP) is 3.16. The molecular formula is C13H18ClNOS. The van der Waals surface area contributed by atoms with Crippen LogP contribution in [0, 0.1) is 0 Å². The first-order valence-corrected chi connectivity index (χ1v) is 7.34. The number of aliphatic hydroxyl groups is 1. The van der Waals surface area contributed by atoms with E-state index in [4.69, 9.17) is 11.6 Å². The van der Waals surface area contributed by atoms with E-state index in [1.807, 2.05) is 23.9 Å². The monoisotopic (exact) mass is 271 g/mol. The van der Waals surface area contributed by atoms with Gasteiger partial charge in [0.05, 0.1) is 6.61 Å². The molecule has 1 aromatic rings. The molecule has 1 saturated heterocycles. The smallest absolute Gasteiger partial charge is 0.0716 e. The molecule has 2 rings (SSSR count). The molecule has 94 valence electrons. The molecule has 2 atom stereocenters. The molecule has 0 aromatic heterocycles. The van der Waals surface area contributed by atoms with Gasteiger partial charge in [-0.05, 0) is 19.1 Å². The highest BCUT2D eigenvalue weighted by molar-refractivity contribution is 8.00. The first kappa shape index (κ1) is 13.1. The Balaban J connectivity index is 2.35. The van der Waals surface area contributed by atoms with Crippen LogP contribution in [0.25, 0.3) is 0 Å². The average Bonchev–Trinajstić information content (AvgIpc) is 2.32. The zero-order chi connectivity index (χ0) is 12.4. The maximum absolute atomic E-state index is 9.47. The lowest BCUT2D eigenvalue weighted by Crippen LogP contribution is -2.45. The highest BCUT2D eigenvalue weighted by Crippen LogP contribution is 2.33. The summed E-state index contributed by atoms with van der Waals surface area (Å²) in [6, 6.07) is 6.31. The van der Waals surface area contributed by atoms with E-state index in [2.05, 4.69) is 24.8 Å². The maximum atomic E-state index is 9.47. The molecule has 1 aliphatic heterocycles. The van der Waals surface area contributed by atoms with Gasteiger partial charge in [-0.3, -0.25) is 0 Å². The second-order valence-electron chi connectivity index (χ2n) is 4.41. The predicted molar refractivity (Wildman–Crippen MR) is 76.1 cm³/mol. The van der Waals surface area contributed by atoms with Crippen LogP contribution in [0.1, 0.15) is 19.4 Å². The van der Waals surface area contributed by atoms with E-state index in [-0.39, 0.29) is 6.61 Å². The third-order valence-electron chi connectivity index (χ3n) is 3.45. The first-order valence-electron chi connectivity index (χ1n) is 5.91. The summed E-state index contributed by atoms with van der Waals surface area (Å²) in [5.41, 5.74) is 1.93. The van der Waals surface area contributed by atoms with Gasteiger partial charge in [0.1, 0.15) is 0 Å². The van der Waals surface area contributed by atoms with Crippen molar-refractivity contribution in [2.45, 2.75) is 31.7 Å². The summed E-state index contributed by atoms with van der Waals surface area (Å²) in [5.74, 6) is 1.13. The fourth-order valence-corrected chi connectivity index (χ4v) is 3.57. The average molecular weight is 272 g/mol. The lowest BCUT2D eigenvalue weighted by Gasteiger charge is -2.40. The molecule has 0 saturated carbocycles. The van der Waals surface area contributed by atoms with Crippen LogP contribution in [0.2, 0.25) is 5.02 Å². The lowest BCUT2D eigenvalue weighted by molar-refractivity contribution is 0.282. The Bertz CT molecular complexity index is 399. The van der Waals surface area contributed by atoms with E-state index < -0.39 is 0 Å². The molecule has 1 aromatic carbocycles. The number of thioether (sulfide) groups is 1. The van der Waals surface area contributed by atoms with Gasteiger partial charge in [-0.1, -0.05) is 24.6 Å². The van der Waals surface area contributed by atoms with Crippen LogP contribution in [0.15, 0.2) is 18.2 Å². The van der Waals surface area contributed by atoms with Crippen molar-refractivity contribution in [3.63, 3.8) is 0 Å². The fraction of sp³-hybridized carbons (Fsp3) is 0.538. The van der Waals surface area contributed by atoms with Crippen molar-refractivity contribution in [1.82, 2.24) is 0 Å². The van der Waals surface area contributed by atoms with Crippen LogP contribution in [0.4, 0.5) is 5.69 Å². The molecule has 0 bridgehead atoms. The molecule has 0 spiro atoms. The van der Waals surface area contributed by atoms with E-state index in [9.17, 15) is 5.11 Å². The van der Waals surface area contributed by atoms with Gasteiger partial charge in [0.2, 0.25) is 0 Å². The van der Waals surface area contributed by atoms with Gasteiger partial charge < -0.3 is 10.0 Å². The van der Waals surface area contributed by atoms with Crippen molar-refractivity contribution in [3.8, 4) is 0 Å². The van der Waals surface area contributed by atoms with Gasteiger partial charge in [0.15, 0.2) is 0 Å². The van der Waals surface area contributed by atoms with Crippen molar-refractivity contribution in [3.05, 3.63) is 28.8 Å².